The van der Waals surface area contributed by atoms with Crippen molar-refractivity contribution < 1.29 is 31.3 Å². The van der Waals surface area contributed by atoms with Gasteiger partial charge in [-0.15, -0.1) is 0 Å². The van der Waals surface area contributed by atoms with Crippen molar-refractivity contribution in [2.45, 2.75) is 87.9 Å². The predicted octanol–water partition coefficient (Wildman–Crippen LogP) is 7.21. The van der Waals surface area contributed by atoms with Crippen LogP contribution in [0.5, 0.6) is 0 Å². The van der Waals surface area contributed by atoms with Gasteiger partial charge in [0.2, 0.25) is 23.6 Å². The number of benzene rings is 1. The van der Waals surface area contributed by atoms with Gasteiger partial charge in [0.1, 0.15) is 12.0 Å². The van der Waals surface area contributed by atoms with Crippen molar-refractivity contribution in [3.8, 4) is 11.5 Å². The topological polar surface area (TPSA) is 85.3 Å². The summed E-state index contributed by atoms with van der Waals surface area (Å²) in [5, 5.41) is 4.23. The lowest BCUT2D eigenvalue weighted by Crippen LogP contribution is -2.53. The van der Waals surface area contributed by atoms with E-state index in [9.17, 15) is 22.4 Å². The third kappa shape index (κ3) is 4.51. The van der Waals surface area contributed by atoms with Crippen LogP contribution in [-0.4, -0.2) is 33.5 Å². The van der Waals surface area contributed by atoms with E-state index < -0.39 is 36.8 Å². The molecule has 5 fully saturated rings. The summed E-state index contributed by atoms with van der Waals surface area (Å²) in [6, 6.07) is 6.78. The fourth-order valence-corrected chi connectivity index (χ4v) is 6.79. The summed E-state index contributed by atoms with van der Waals surface area (Å²) in [5.74, 6) is -1.93. The van der Waals surface area contributed by atoms with Crippen LogP contribution in [0.3, 0.4) is 0 Å². The highest BCUT2D eigenvalue weighted by atomic mass is 19.3. The van der Waals surface area contributed by atoms with Gasteiger partial charge in [-0.3, -0.25) is 4.79 Å². The molecule has 7 nitrogen and oxygen atoms in total. The number of hydrogen-bond acceptors (Lipinski definition) is 6. The zero-order valence-corrected chi connectivity index (χ0v) is 21.9. The summed E-state index contributed by atoms with van der Waals surface area (Å²) in [5.41, 5.74) is 0.192. The molecule has 40 heavy (non-hydrogen) atoms. The number of aromatic nitrogens is 3. The van der Waals surface area contributed by atoms with Crippen LogP contribution in [-0.2, 0) is 10.2 Å². The molecule has 2 bridgehead atoms. The van der Waals surface area contributed by atoms with Gasteiger partial charge < -0.3 is 13.8 Å². The lowest BCUT2D eigenvalue weighted by molar-refractivity contribution is -0.148. The molecule has 5 aliphatic rings. The highest BCUT2D eigenvalue weighted by Gasteiger charge is 2.55. The molecular formula is C29H30F4N4O3. The average molecular weight is 559 g/mol. The fourth-order valence-electron chi connectivity index (χ4n) is 6.79. The number of carbonyl (C=O) groups is 1. The summed E-state index contributed by atoms with van der Waals surface area (Å²) in [6.07, 6.45) is 4.62. The number of hydrogen-bond donors (Lipinski definition) is 0. The Balaban J connectivity index is 1.14. The van der Waals surface area contributed by atoms with Crippen molar-refractivity contribution in [3.05, 3.63) is 47.9 Å². The summed E-state index contributed by atoms with van der Waals surface area (Å²) in [4.78, 5) is 23.9. The molecule has 3 aromatic rings. The third-order valence-corrected chi connectivity index (χ3v) is 9.59. The van der Waals surface area contributed by atoms with E-state index in [2.05, 4.69) is 10.1 Å². The molecule has 0 saturated heterocycles. The third-order valence-electron chi connectivity index (χ3n) is 9.59. The van der Waals surface area contributed by atoms with Crippen LogP contribution in [0, 0.1) is 11.3 Å². The molecule has 0 radical (unpaired) electrons. The maximum atomic E-state index is 13.8. The quantitative estimate of drug-likeness (QED) is 0.272. The number of carbonyl (C=O) groups excluding carboxylic acids is 1. The number of amides is 1. The molecule has 8 rings (SSSR count). The van der Waals surface area contributed by atoms with E-state index in [0.717, 1.165) is 69.3 Å². The summed E-state index contributed by atoms with van der Waals surface area (Å²) >= 11 is 0. The molecule has 0 aliphatic heterocycles. The van der Waals surface area contributed by atoms with Crippen LogP contribution in [0.4, 0.5) is 23.2 Å². The van der Waals surface area contributed by atoms with Gasteiger partial charge in [0.25, 0.3) is 6.43 Å². The van der Waals surface area contributed by atoms with Gasteiger partial charge >= 0.3 is 0 Å². The van der Waals surface area contributed by atoms with Crippen LogP contribution in [0.15, 0.2) is 39.5 Å². The number of rotatable bonds is 8. The molecule has 1 amide bonds. The molecule has 0 N–H and O–H groups in total. The second kappa shape index (κ2) is 9.14. The molecule has 2 heterocycles. The van der Waals surface area contributed by atoms with Gasteiger partial charge in [-0.2, -0.15) is 4.98 Å². The molecule has 2 aromatic heterocycles. The van der Waals surface area contributed by atoms with Crippen LogP contribution in [0.2, 0.25) is 0 Å². The Labute approximate surface area is 228 Å². The summed E-state index contributed by atoms with van der Waals surface area (Å²) in [7, 11) is 0. The van der Waals surface area contributed by atoms with E-state index in [1.165, 1.54) is 0 Å². The Morgan fingerprint density at radius 2 is 1.77 bits per heavy atom. The molecule has 5 aliphatic carbocycles. The van der Waals surface area contributed by atoms with Gasteiger partial charge in [0, 0.05) is 47.9 Å². The summed E-state index contributed by atoms with van der Waals surface area (Å²) < 4.78 is 64.7. The molecule has 0 unspecified atom stereocenters. The van der Waals surface area contributed by atoms with Crippen molar-refractivity contribution in [1.82, 2.24) is 15.1 Å². The highest BCUT2D eigenvalue weighted by Crippen LogP contribution is 2.58. The number of nitrogens with zero attached hydrogens (tertiary/aromatic N) is 4. The smallest absolute Gasteiger partial charge is 0.283 e. The average Bonchev–Trinajstić information content (AvgIpc) is 3.44. The van der Waals surface area contributed by atoms with Gasteiger partial charge in [0.05, 0.1) is 0 Å². The Morgan fingerprint density at radius 1 is 1.05 bits per heavy atom. The first-order chi connectivity index (χ1) is 19.1. The Bertz CT molecular complexity index is 1400. The number of fused-ring (bicyclic) bond motifs is 3. The second-order valence-electron chi connectivity index (χ2n) is 12.3. The fraction of sp³-hybridized carbons (Fsp3) is 0.586. The van der Waals surface area contributed by atoms with E-state index in [1.807, 2.05) is 0 Å². The van der Waals surface area contributed by atoms with Crippen LogP contribution in [0.25, 0.3) is 11.5 Å². The first-order valence-corrected chi connectivity index (χ1v) is 14.0. The van der Waals surface area contributed by atoms with E-state index in [-0.39, 0.29) is 22.6 Å². The molecule has 0 spiro atoms. The normalized spacial score (nSPS) is 27.6. The number of halogens is 4. The van der Waals surface area contributed by atoms with Crippen molar-refractivity contribution >= 4 is 11.6 Å². The molecular weight excluding hydrogens is 528 g/mol. The summed E-state index contributed by atoms with van der Waals surface area (Å²) in [6.45, 7) is 0.401. The Kier molecular flexibility index (Phi) is 5.87. The SMILES string of the molecule is O=C(C1CC(F)(F)C1)N(CC12CCC(c3nc(C4CC4)no3)(CC1)CC2)c1cccc(-c2nc(C(F)F)co2)c1. The van der Waals surface area contributed by atoms with Crippen LogP contribution >= 0.6 is 0 Å². The van der Waals surface area contributed by atoms with E-state index >= 15 is 0 Å². The first-order valence-electron chi connectivity index (χ1n) is 14.0. The van der Waals surface area contributed by atoms with E-state index in [1.54, 1.807) is 29.2 Å². The van der Waals surface area contributed by atoms with Gasteiger partial charge in [-0.05, 0) is 75.0 Å². The predicted molar refractivity (Wildman–Crippen MR) is 135 cm³/mol. The lowest BCUT2D eigenvalue weighted by Gasteiger charge is -2.53. The molecule has 5 saturated carbocycles. The highest BCUT2D eigenvalue weighted by molar-refractivity contribution is 5.96. The van der Waals surface area contributed by atoms with Crippen LogP contribution < -0.4 is 4.90 Å². The van der Waals surface area contributed by atoms with Crippen molar-refractivity contribution in [1.29, 1.82) is 0 Å². The maximum Gasteiger partial charge on any atom is 0.283 e. The van der Waals surface area contributed by atoms with Crippen molar-refractivity contribution in [2.24, 2.45) is 11.3 Å². The minimum atomic E-state index is -2.82. The standard InChI is InChI=1S/C29H30F4N4O3/c30-22(31)21-15-39-24(34-21)18-2-1-3-20(12-18)37(25(38)19-13-29(32,33)14-19)16-27-6-9-28(10-7-27,11-8-27)26-35-23(36-40-26)17-4-5-17/h1-3,12,15,17,19,22H,4-11,13-14,16H2. The monoisotopic (exact) mass is 558 g/mol. The largest absolute Gasteiger partial charge is 0.444 e. The molecule has 0 atom stereocenters. The van der Waals surface area contributed by atoms with Gasteiger partial charge in [0.15, 0.2) is 5.82 Å². The Hall–Kier alpha value is -3.24. The van der Waals surface area contributed by atoms with Crippen molar-refractivity contribution in [3.63, 3.8) is 0 Å². The minimum Gasteiger partial charge on any atom is -0.444 e. The zero-order chi connectivity index (χ0) is 27.7. The van der Waals surface area contributed by atoms with E-state index in [4.69, 9.17) is 13.9 Å². The molecule has 1 aromatic carbocycles. The maximum absolute atomic E-state index is 13.8. The number of alkyl halides is 4. The molecule has 212 valence electrons. The zero-order valence-electron chi connectivity index (χ0n) is 21.9. The first kappa shape index (κ1) is 25.7. The number of anilines is 1. The van der Waals surface area contributed by atoms with Crippen molar-refractivity contribution in [2.75, 3.05) is 11.4 Å². The second-order valence-corrected chi connectivity index (χ2v) is 12.3. The Morgan fingerprint density at radius 3 is 2.40 bits per heavy atom. The number of oxazole rings is 1. The lowest BCUT2D eigenvalue weighted by atomic mass is 9.53. The molecule has 11 heteroatoms. The van der Waals surface area contributed by atoms with Crippen LogP contribution in [0.1, 0.15) is 94.0 Å². The van der Waals surface area contributed by atoms with E-state index in [0.29, 0.717) is 23.7 Å². The minimum absolute atomic E-state index is 0.0168. The van der Waals surface area contributed by atoms with Gasteiger partial charge in [-0.25, -0.2) is 22.5 Å². The van der Waals surface area contributed by atoms with Gasteiger partial charge in [-0.1, -0.05) is 11.2 Å².